The van der Waals surface area contributed by atoms with Crippen molar-refractivity contribution in [2.24, 2.45) is 5.10 Å². The number of fused-ring (bicyclic) bond motifs is 3. The molecule has 1 amide bonds. The number of hydrogen-bond acceptors (Lipinski definition) is 5. The number of ether oxygens (including phenoxy) is 2. The van der Waals surface area contributed by atoms with Crippen LogP contribution in [0.5, 0.6) is 5.75 Å². The van der Waals surface area contributed by atoms with Crippen LogP contribution in [-0.2, 0) is 21.5 Å². The van der Waals surface area contributed by atoms with Gasteiger partial charge in [-0.05, 0) is 66.8 Å². The molecule has 178 valence electrons. The molecule has 35 heavy (non-hydrogen) atoms. The summed E-state index contributed by atoms with van der Waals surface area (Å²) in [4.78, 5) is 16.4. The van der Waals surface area contributed by atoms with Gasteiger partial charge in [0.15, 0.2) is 0 Å². The minimum absolute atomic E-state index is 0.0840. The van der Waals surface area contributed by atoms with Crippen molar-refractivity contribution in [1.82, 2.24) is 10.4 Å². The summed E-state index contributed by atoms with van der Waals surface area (Å²) in [6, 6.07) is 15.6. The van der Waals surface area contributed by atoms with Gasteiger partial charge in [0.05, 0.1) is 11.8 Å². The zero-order valence-corrected chi connectivity index (χ0v) is 20.6. The van der Waals surface area contributed by atoms with Crippen LogP contribution < -0.4 is 10.2 Å². The molecule has 0 fully saturated rings. The van der Waals surface area contributed by atoms with E-state index in [1.54, 1.807) is 30.7 Å². The fourth-order valence-corrected chi connectivity index (χ4v) is 4.56. The van der Waals surface area contributed by atoms with Crippen LogP contribution in [0.4, 0.5) is 0 Å². The Labute approximate surface area is 205 Å². The molecule has 1 aromatic heterocycles. The minimum Gasteiger partial charge on any atom is -0.453 e. The van der Waals surface area contributed by atoms with Crippen LogP contribution in [-0.4, -0.2) is 17.1 Å². The number of rotatable bonds is 3. The van der Waals surface area contributed by atoms with E-state index in [9.17, 15) is 4.79 Å². The number of pyridine rings is 1. The Morgan fingerprint density at radius 3 is 2.49 bits per heavy atom. The minimum atomic E-state index is -1.03. The first kappa shape index (κ1) is 23.0. The van der Waals surface area contributed by atoms with Crippen LogP contribution in [0.15, 0.2) is 72.1 Å². The van der Waals surface area contributed by atoms with Gasteiger partial charge in [0.25, 0.3) is 11.7 Å². The molecule has 0 aliphatic carbocycles. The molecule has 1 unspecified atom stereocenters. The lowest BCUT2D eigenvalue weighted by Crippen LogP contribution is -2.35. The second kappa shape index (κ2) is 8.17. The first-order valence-corrected chi connectivity index (χ1v) is 11.7. The maximum Gasteiger partial charge on any atom is 0.271 e. The summed E-state index contributed by atoms with van der Waals surface area (Å²) >= 11 is 0. The van der Waals surface area contributed by atoms with E-state index in [1.807, 2.05) is 38.1 Å². The first-order chi connectivity index (χ1) is 16.6. The molecule has 1 atom stereocenters. The lowest BCUT2D eigenvalue weighted by atomic mass is 9.84. The number of nitrogens with one attached hydrogen (secondary N) is 1. The molecular formula is C29H29N3O3. The lowest BCUT2D eigenvalue weighted by molar-refractivity contribution is -0.202. The highest BCUT2D eigenvalue weighted by atomic mass is 16.7. The van der Waals surface area contributed by atoms with Crippen molar-refractivity contribution in [1.29, 1.82) is 0 Å². The SMILES string of the molecule is CC(C)(C)c1cc2c(c(/C=N/NC(=O)c3ccncc3)c1)OC1(C=C2)OC(C)(C)c2ccccc21. The maximum absolute atomic E-state index is 12.4. The molecule has 0 bridgehead atoms. The number of amides is 1. The second-order valence-corrected chi connectivity index (χ2v) is 10.4. The molecule has 6 nitrogen and oxygen atoms in total. The molecular weight excluding hydrogens is 438 g/mol. The maximum atomic E-state index is 12.4. The summed E-state index contributed by atoms with van der Waals surface area (Å²) in [6.07, 6.45) is 8.82. The Bertz CT molecular complexity index is 1350. The topological polar surface area (TPSA) is 72.8 Å². The predicted molar refractivity (Wildman–Crippen MR) is 136 cm³/mol. The molecule has 1 spiro atoms. The summed E-state index contributed by atoms with van der Waals surface area (Å²) in [6.45, 7) is 10.6. The number of hydrogen-bond donors (Lipinski definition) is 1. The van der Waals surface area contributed by atoms with E-state index < -0.39 is 11.4 Å². The van der Waals surface area contributed by atoms with Crippen LogP contribution in [0.3, 0.4) is 0 Å². The smallest absolute Gasteiger partial charge is 0.271 e. The Morgan fingerprint density at radius 1 is 1.06 bits per heavy atom. The first-order valence-electron chi connectivity index (χ1n) is 11.7. The van der Waals surface area contributed by atoms with Gasteiger partial charge in [0, 0.05) is 34.6 Å². The molecule has 5 rings (SSSR count). The fraction of sp³-hybridized carbons (Fsp3) is 0.276. The van der Waals surface area contributed by atoms with Crippen LogP contribution in [0.25, 0.3) is 6.08 Å². The predicted octanol–water partition coefficient (Wildman–Crippen LogP) is 5.67. The highest BCUT2D eigenvalue weighted by molar-refractivity contribution is 5.95. The quantitative estimate of drug-likeness (QED) is 0.398. The van der Waals surface area contributed by atoms with Gasteiger partial charge in [0.1, 0.15) is 5.75 Å². The number of nitrogens with zero attached hydrogens (tertiary/aromatic N) is 2. The third kappa shape index (κ3) is 4.15. The molecule has 3 heterocycles. The molecule has 2 aliphatic heterocycles. The van der Waals surface area contributed by atoms with Crippen molar-refractivity contribution >= 4 is 18.2 Å². The summed E-state index contributed by atoms with van der Waals surface area (Å²) in [5.41, 5.74) is 7.42. The number of hydrazone groups is 1. The van der Waals surface area contributed by atoms with E-state index >= 15 is 0 Å². The van der Waals surface area contributed by atoms with Crippen molar-refractivity contribution in [2.45, 2.75) is 51.4 Å². The fourth-order valence-electron chi connectivity index (χ4n) is 4.56. The van der Waals surface area contributed by atoms with E-state index in [2.05, 4.69) is 60.6 Å². The van der Waals surface area contributed by atoms with Crippen molar-refractivity contribution in [3.63, 3.8) is 0 Å². The molecule has 2 aliphatic rings. The molecule has 0 radical (unpaired) electrons. The average molecular weight is 468 g/mol. The highest BCUT2D eigenvalue weighted by Gasteiger charge is 2.51. The molecule has 0 saturated heterocycles. The van der Waals surface area contributed by atoms with Crippen molar-refractivity contribution in [2.75, 3.05) is 0 Å². The van der Waals surface area contributed by atoms with Gasteiger partial charge >= 0.3 is 0 Å². The van der Waals surface area contributed by atoms with E-state index in [0.717, 1.165) is 27.8 Å². The Kier molecular flexibility index (Phi) is 5.37. The summed E-state index contributed by atoms with van der Waals surface area (Å²) in [5, 5.41) is 4.25. The van der Waals surface area contributed by atoms with Gasteiger partial charge in [-0.25, -0.2) is 5.43 Å². The zero-order valence-electron chi connectivity index (χ0n) is 20.6. The van der Waals surface area contributed by atoms with Crippen molar-refractivity contribution < 1.29 is 14.3 Å². The summed E-state index contributed by atoms with van der Waals surface area (Å²) in [7, 11) is 0. The average Bonchev–Trinajstić information content (AvgIpc) is 3.05. The van der Waals surface area contributed by atoms with Gasteiger partial charge in [-0.2, -0.15) is 5.10 Å². The molecule has 2 aromatic carbocycles. The van der Waals surface area contributed by atoms with E-state index in [4.69, 9.17) is 9.47 Å². The van der Waals surface area contributed by atoms with Crippen LogP contribution in [0.2, 0.25) is 0 Å². The Hall–Kier alpha value is -3.77. The highest BCUT2D eigenvalue weighted by Crippen LogP contribution is 2.51. The van der Waals surface area contributed by atoms with E-state index in [1.165, 1.54) is 0 Å². The summed E-state index contributed by atoms with van der Waals surface area (Å²) in [5.74, 6) is -0.675. The lowest BCUT2D eigenvalue weighted by Gasteiger charge is -2.35. The van der Waals surface area contributed by atoms with Gasteiger partial charge in [-0.15, -0.1) is 0 Å². The Balaban J connectivity index is 1.54. The third-order valence-corrected chi connectivity index (χ3v) is 6.42. The van der Waals surface area contributed by atoms with Gasteiger partial charge < -0.3 is 9.47 Å². The summed E-state index contributed by atoms with van der Waals surface area (Å²) < 4.78 is 13.2. The van der Waals surface area contributed by atoms with Gasteiger partial charge in [-0.1, -0.05) is 45.0 Å². The number of benzene rings is 2. The standard InChI is InChI=1S/C29H29N3O3/c1-27(2,3)22-16-20-10-13-29(24-9-7-6-8-23(24)28(4,5)35-29)34-25(20)21(17-22)18-31-32-26(33)19-11-14-30-15-12-19/h6-18H,1-5H3,(H,32,33)/b31-18+. The molecule has 3 aromatic rings. The van der Waals surface area contributed by atoms with Crippen molar-refractivity contribution in [3.8, 4) is 5.75 Å². The van der Waals surface area contributed by atoms with Crippen molar-refractivity contribution in [3.05, 3.63) is 100 Å². The van der Waals surface area contributed by atoms with Crippen LogP contribution >= 0.6 is 0 Å². The number of aromatic nitrogens is 1. The van der Waals surface area contributed by atoms with E-state index in [0.29, 0.717) is 11.3 Å². The van der Waals surface area contributed by atoms with Gasteiger partial charge in [0.2, 0.25) is 0 Å². The number of carbonyl (C=O) groups excluding carboxylic acids is 1. The zero-order chi connectivity index (χ0) is 24.8. The molecule has 1 N–H and O–H groups in total. The molecule has 0 saturated carbocycles. The normalized spacial score (nSPS) is 19.9. The van der Waals surface area contributed by atoms with E-state index in [-0.39, 0.29) is 11.3 Å². The second-order valence-electron chi connectivity index (χ2n) is 10.4. The largest absolute Gasteiger partial charge is 0.453 e. The van der Waals surface area contributed by atoms with Crippen LogP contribution in [0.1, 0.15) is 72.8 Å². The number of carbonyl (C=O) groups is 1. The molecule has 6 heteroatoms. The monoisotopic (exact) mass is 467 g/mol. The third-order valence-electron chi connectivity index (χ3n) is 6.42. The van der Waals surface area contributed by atoms with Gasteiger partial charge in [-0.3, -0.25) is 9.78 Å². The van der Waals surface area contributed by atoms with Crippen LogP contribution in [0, 0.1) is 0 Å². The Morgan fingerprint density at radius 2 is 1.77 bits per heavy atom.